The Kier molecular flexibility index (Phi) is 4.66. The molecule has 0 radical (unpaired) electrons. The molecule has 102 valence electrons. The highest BCUT2D eigenvalue weighted by molar-refractivity contribution is 5.89. The molecule has 0 unspecified atom stereocenters. The Labute approximate surface area is 105 Å². The van der Waals surface area contributed by atoms with Gasteiger partial charge in [0.1, 0.15) is 6.61 Å². The van der Waals surface area contributed by atoms with Gasteiger partial charge in [-0.15, -0.1) is 0 Å². The summed E-state index contributed by atoms with van der Waals surface area (Å²) in [5.41, 5.74) is -1.38. The third-order valence-corrected chi connectivity index (χ3v) is 2.86. The highest BCUT2D eigenvalue weighted by Gasteiger charge is 2.51. The predicted molar refractivity (Wildman–Crippen MR) is 59.1 cm³/mol. The van der Waals surface area contributed by atoms with Gasteiger partial charge in [0.15, 0.2) is 0 Å². The Morgan fingerprint density at radius 1 is 1.39 bits per heavy atom. The first-order valence-electron chi connectivity index (χ1n) is 5.57. The van der Waals surface area contributed by atoms with Gasteiger partial charge in [-0.25, -0.2) is 9.86 Å². The zero-order valence-corrected chi connectivity index (χ0v) is 10.7. The van der Waals surface area contributed by atoms with Crippen molar-refractivity contribution in [3.8, 4) is 0 Å². The van der Waals surface area contributed by atoms with Gasteiger partial charge in [-0.2, -0.15) is 0 Å². The van der Waals surface area contributed by atoms with Crippen LogP contribution in [0.4, 0.5) is 0 Å². The molecule has 1 fully saturated rings. The van der Waals surface area contributed by atoms with Gasteiger partial charge in [0.05, 0.1) is 14.2 Å². The van der Waals surface area contributed by atoms with Gasteiger partial charge in [0.25, 0.3) is 0 Å². The molecule has 7 heteroatoms. The molecular weight excluding hydrogens is 242 g/mol. The Morgan fingerprint density at radius 2 is 2.06 bits per heavy atom. The summed E-state index contributed by atoms with van der Waals surface area (Å²) >= 11 is 0. The first kappa shape index (κ1) is 14.4. The SMILES string of the molecule is COC(=O)[C@@]1(COC(C)=O)CCCC(=O)N1OC. The van der Waals surface area contributed by atoms with Crippen LogP contribution < -0.4 is 0 Å². The number of carbonyl (C=O) groups is 3. The van der Waals surface area contributed by atoms with Crippen molar-refractivity contribution < 1.29 is 28.7 Å². The summed E-state index contributed by atoms with van der Waals surface area (Å²) in [4.78, 5) is 39.6. The zero-order valence-electron chi connectivity index (χ0n) is 10.7. The summed E-state index contributed by atoms with van der Waals surface area (Å²) in [6.45, 7) is 0.960. The number of rotatable bonds is 4. The summed E-state index contributed by atoms with van der Waals surface area (Å²) in [5, 5.41) is 0.950. The molecule has 0 bridgehead atoms. The normalized spacial score (nSPS) is 23.7. The van der Waals surface area contributed by atoms with Crippen molar-refractivity contribution in [2.24, 2.45) is 0 Å². The molecule has 0 aliphatic carbocycles. The Bertz CT molecular complexity index is 355. The van der Waals surface area contributed by atoms with Crippen molar-refractivity contribution in [2.45, 2.75) is 31.7 Å². The average Bonchev–Trinajstić information content (AvgIpc) is 2.35. The number of nitrogens with zero attached hydrogens (tertiary/aromatic N) is 1. The first-order chi connectivity index (χ1) is 8.47. The number of amides is 1. The van der Waals surface area contributed by atoms with Crippen LogP contribution in [0.5, 0.6) is 0 Å². The molecule has 1 rings (SSSR count). The third kappa shape index (κ3) is 2.61. The van der Waals surface area contributed by atoms with E-state index in [1.807, 2.05) is 0 Å². The molecule has 1 amide bonds. The van der Waals surface area contributed by atoms with Crippen molar-refractivity contribution in [3.63, 3.8) is 0 Å². The molecule has 0 saturated carbocycles. The van der Waals surface area contributed by atoms with E-state index < -0.39 is 17.5 Å². The van der Waals surface area contributed by atoms with E-state index in [-0.39, 0.29) is 18.9 Å². The van der Waals surface area contributed by atoms with E-state index in [1.165, 1.54) is 21.1 Å². The average molecular weight is 259 g/mol. The lowest BCUT2D eigenvalue weighted by Crippen LogP contribution is -2.62. The standard InChI is InChI=1S/C11H17NO6/c1-8(13)18-7-11(10(15)16-2)6-4-5-9(14)12(11)17-3/h4-7H2,1-3H3/t11-/m0/s1. The second-order valence-corrected chi connectivity index (χ2v) is 4.03. The van der Waals surface area contributed by atoms with Crippen LogP contribution in [0.1, 0.15) is 26.2 Å². The summed E-state index contributed by atoms with van der Waals surface area (Å²) in [7, 11) is 2.50. The Balaban J connectivity index is 3.03. The van der Waals surface area contributed by atoms with Crippen molar-refractivity contribution in [3.05, 3.63) is 0 Å². The second-order valence-electron chi connectivity index (χ2n) is 4.03. The van der Waals surface area contributed by atoms with Crippen LogP contribution in [0.25, 0.3) is 0 Å². The smallest absolute Gasteiger partial charge is 0.338 e. The molecule has 1 atom stereocenters. The quantitative estimate of drug-likeness (QED) is 0.663. The van der Waals surface area contributed by atoms with E-state index in [4.69, 9.17) is 14.3 Å². The van der Waals surface area contributed by atoms with Gasteiger partial charge in [-0.05, 0) is 12.8 Å². The predicted octanol–water partition coefficient (Wildman–Crippen LogP) is 0.0352. The first-order valence-corrected chi connectivity index (χ1v) is 5.57. The lowest BCUT2D eigenvalue weighted by molar-refractivity contribution is -0.234. The van der Waals surface area contributed by atoms with E-state index in [1.54, 1.807) is 0 Å². The maximum Gasteiger partial charge on any atom is 0.338 e. The molecule has 0 aromatic rings. The van der Waals surface area contributed by atoms with Gasteiger partial charge >= 0.3 is 11.9 Å². The maximum absolute atomic E-state index is 11.9. The van der Waals surface area contributed by atoms with Crippen molar-refractivity contribution in [1.29, 1.82) is 0 Å². The minimum atomic E-state index is -1.38. The lowest BCUT2D eigenvalue weighted by atomic mass is 9.88. The van der Waals surface area contributed by atoms with E-state index in [2.05, 4.69) is 0 Å². The molecule has 7 nitrogen and oxygen atoms in total. The zero-order chi connectivity index (χ0) is 13.8. The minimum absolute atomic E-state index is 0.269. The number of hydrogen-bond acceptors (Lipinski definition) is 6. The van der Waals surface area contributed by atoms with Crippen LogP contribution in [0.2, 0.25) is 0 Å². The fourth-order valence-electron chi connectivity index (χ4n) is 2.04. The number of ether oxygens (including phenoxy) is 2. The highest BCUT2D eigenvalue weighted by atomic mass is 16.7. The molecule has 1 aliphatic heterocycles. The summed E-state index contributed by atoms with van der Waals surface area (Å²) < 4.78 is 9.58. The minimum Gasteiger partial charge on any atom is -0.467 e. The largest absolute Gasteiger partial charge is 0.467 e. The molecule has 1 heterocycles. The maximum atomic E-state index is 11.9. The van der Waals surface area contributed by atoms with Crippen LogP contribution in [0, 0.1) is 0 Å². The van der Waals surface area contributed by atoms with Crippen molar-refractivity contribution >= 4 is 17.8 Å². The van der Waals surface area contributed by atoms with Crippen LogP contribution in [-0.2, 0) is 28.7 Å². The molecule has 1 aliphatic rings. The Hall–Kier alpha value is -1.63. The van der Waals surface area contributed by atoms with E-state index in [0.29, 0.717) is 12.8 Å². The number of hydrogen-bond donors (Lipinski definition) is 0. The molecule has 0 N–H and O–H groups in total. The van der Waals surface area contributed by atoms with Crippen molar-refractivity contribution in [2.75, 3.05) is 20.8 Å². The second kappa shape index (κ2) is 5.81. The number of hydroxylamine groups is 2. The van der Waals surface area contributed by atoms with E-state index in [9.17, 15) is 14.4 Å². The number of piperidine rings is 1. The van der Waals surface area contributed by atoms with E-state index >= 15 is 0 Å². The summed E-state index contributed by atoms with van der Waals surface area (Å²) in [6, 6.07) is 0. The van der Waals surface area contributed by atoms with Crippen LogP contribution in [0.15, 0.2) is 0 Å². The van der Waals surface area contributed by atoms with Crippen LogP contribution in [0.3, 0.4) is 0 Å². The van der Waals surface area contributed by atoms with Gasteiger partial charge in [0.2, 0.25) is 11.4 Å². The number of esters is 2. The fourth-order valence-corrected chi connectivity index (χ4v) is 2.04. The van der Waals surface area contributed by atoms with Gasteiger partial charge < -0.3 is 9.47 Å². The molecule has 0 spiro atoms. The molecule has 1 saturated heterocycles. The third-order valence-electron chi connectivity index (χ3n) is 2.86. The van der Waals surface area contributed by atoms with E-state index in [0.717, 1.165) is 5.06 Å². The molecule has 0 aromatic heterocycles. The van der Waals surface area contributed by atoms with Crippen molar-refractivity contribution in [1.82, 2.24) is 5.06 Å². The van der Waals surface area contributed by atoms with Gasteiger partial charge in [0, 0.05) is 13.3 Å². The summed E-state index contributed by atoms with van der Waals surface area (Å²) in [6.07, 6.45) is 1.12. The number of carbonyl (C=O) groups excluding carboxylic acids is 3. The Morgan fingerprint density at radius 3 is 2.56 bits per heavy atom. The van der Waals surface area contributed by atoms with Gasteiger partial charge in [-0.3, -0.25) is 14.4 Å². The fraction of sp³-hybridized carbons (Fsp3) is 0.727. The van der Waals surface area contributed by atoms with Crippen LogP contribution >= 0.6 is 0 Å². The topological polar surface area (TPSA) is 82.1 Å². The molecule has 0 aromatic carbocycles. The lowest BCUT2D eigenvalue weighted by Gasteiger charge is -2.41. The molecular formula is C11H17NO6. The highest BCUT2D eigenvalue weighted by Crippen LogP contribution is 2.31. The molecule has 18 heavy (non-hydrogen) atoms. The van der Waals surface area contributed by atoms with Gasteiger partial charge in [-0.1, -0.05) is 0 Å². The summed E-state index contributed by atoms with van der Waals surface area (Å²) in [5.74, 6) is -1.52. The monoisotopic (exact) mass is 259 g/mol. The number of methoxy groups -OCH3 is 1. The van der Waals surface area contributed by atoms with Crippen LogP contribution in [-0.4, -0.2) is 49.3 Å².